The van der Waals surface area contributed by atoms with Crippen molar-refractivity contribution in [3.63, 3.8) is 0 Å². The zero-order valence-corrected chi connectivity index (χ0v) is 27.4. The van der Waals surface area contributed by atoms with Gasteiger partial charge in [0.2, 0.25) is 0 Å². The molecule has 0 spiro atoms. The van der Waals surface area contributed by atoms with Crippen LogP contribution in [0.2, 0.25) is 0 Å². The SMILES string of the molecule is O=C(c1ccccc1)N(Cl)c1ccc(F)[c-]c1F.O=C(c1ccccc1)N(Cl)c1ccc(F)[c-]c1F.[Ti+4].c1cc[cH-]c1.c1cc[cH-]c1. The quantitative estimate of drug-likeness (QED) is 0.0791. The monoisotopic (exact) mass is 710 g/mol. The number of carbonyl (C=O) groups is 2. The second-order valence-electron chi connectivity index (χ2n) is 8.84. The molecule has 6 rings (SSSR count). The first kappa shape index (κ1) is 38.7. The number of amides is 2. The number of carbonyl (C=O) groups excluding carboxylic acids is 2. The molecule has 47 heavy (non-hydrogen) atoms. The maximum atomic E-state index is 13.4. The fourth-order valence-electron chi connectivity index (χ4n) is 3.42. The predicted molar refractivity (Wildman–Crippen MR) is 173 cm³/mol. The number of halogens is 6. The van der Waals surface area contributed by atoms with Gasteiger partial charge in [-0.25, -0.2) is 41.8 Å². The van der Waals surface area contributed by atoms with Gasteiger partial charge in [-0.05, 0) is 35.6 Å². The Labute approximate surface area is 295 Å². The first-order valence-corrected chi connectivity index (χ1v) is 14.0. The van der Waals surface area contributed by atoms with E-state index in [0.717, 1.165) is 24.3 Å². The van der Waals surface area contributed by atoms with E-state index in [9.17, 15) is 27.2 Å². The van der Waals surface area contributed by atoms with Crippen LogP contribution in [0.25, 0.3) is 0 Å². The molecule has 6 aromatic rings. The summed E-state index contributed by atoms with van der Waals surface area (Å²) in [6.07, 6.45) is 0. The summed E-state index contributed by atoms with van der Waals surface area (Å²) in [5.74, 6) is -4.95. The van der Waals surface area contributed by atoms with Crippen molar-refractivity contribution in [1.29, 1.82) is 0 Å². The topological polar surface area (TPSA) is 40.6 Å². The third-order valence-corrected chi connectivity index (χ3v) is 6.29. The van der Waals surface area contributed by atoms with Crippen molar-refractivity contribution < 1.29 is 48.9 Å². The Kier molecular flexibility index (Phi) is 17.0. The first-order valence-electron chi connectivity index (χ1n) is 13.4. The summed E-state index contributed by atoms with van der Waals surface area (Å²) >= 11 is 11.5. The smallest absolute Gasteiger partial charge is 0.271 e. The van der Waals surface area contributed by atoms with Gasteiger partial charge in [0, 0.05) is 57.9 Å². The molecular formula is C36H24Cl2F4N2O2Ti. The molecule has 0 aliphatic carbocycles. The zero-order valence-electron chi connectivity index (χ0n) is 24.3. The summed E-state index contributed by atoms with van der Waals surface area (Å²) in [7, 11) is 0. The number of benzene rings is 4. The summed E-state index contributed by atoms with van der Waals surface area (Å²) < 4.78 is 53.4. The van der Waals surface area contributed by atoms with Gasteiger partial charge >= 0.3 is 21.7 Å². The molecule has 0 aliphatic rings. The van der Waals surface area contributed by atoms with Crippen LogP contribution in [0.3, 0.4) is 0 Å². The third kappa shape index (κ3) is 12.7. The van der Waals surface area contributed by atoms with E-state index in [-0.39, 0.29) is 33.1 Å². The van der Waals surface area contributed by atoms with Gasteiger partial charge in [0.25, 0.3) is 11.8 Å². The fourth-order valence-corrected chi connectivity index (χ4v) is 3.88. The normalized spacial score (nSPS) is 9.49. The van der Waals surface area contributed by atoms with E-state index in [1.165, 1.54) is 0 Å². The maximum absolute atomic E-state index is 13.4. The summed E-state index contributed by atoms with van der Waals surface area (Å²) in [6, 6.07) is 44.0. The van der Waals surface area contributed by atoms with E-state index in [1.54, 1.807) is 60.7 Å². The van der Waals surface area contributed by atoms with Gasteiger partial charge in [-0.2, -0.15) is 36.4 Å². The molecule has 0 saturated carbocycles. The molecule has 2 amide bonds. The molecule has 0 atom stereocenters. The number of nitrogens with zero attached hydrogens (tertiary/aromatic N) is 2. The predicted octanol–water partition coefficient (Wildman–Crippen LogP) is 9.94. The van der Waals surface area contributed by atoms with E-state index in [2.05, 4.69) is 0 Å². The molecular weight excluding hydrogens is 687 g/mol. The van der Waals surface area contributed by atoms with Gasteiger partial charge in [0.15, 0.2) is 0 Å². The molecule has 0 saturated heterocycles. The van der Waals surface area contributed by atoms with Crippen molar-refractivity contribution in [3.05, 3.63) is 192 Å². The third-order valence-electron chi connectivity index (χ3n) is 5.62. The minimum absolute atomic E-state index is 0. The Balaban J connectivity index is 0.000000248. The minimum Gasteiger partial charge on any atom is -0.271 e. The Hall–Kier alpha value is -4.47. The second kappa shape index (κ2) is 20.6. The Bertz CT molecular complexity index is 1590. The molecule has 4 nitrogen and oxygen atoms in total. The standard InChI is InChI=1S/2C13H7ClF2NO.2C5H5.Ti/c2*14-17(12-7-6-10(15)8-11(12)16)13(18)9-4-2-1-3-5-9;2*1-2-4-5-3-1;/h2*1-7H;2*1-5H;/q4*-1;+4. The van der Waals surface area contributed by atoms with Crippen LogP contribution < -0.4 is 8.84 Å². The minimum atomic E-state index is -1.02. The molecule has 0 aliphatic heterocycles. The average molecular weight is 711 g/mol. The van der Waals surface area contributed by atoms with Gasteiger partial charge in [-0.15, -0.1) is 36.4 Å². The van der Waals surface area contributed by atoms with Gasteiger partial charge in [0.1, 0.15) is 0 Å². The van der Waals surface area contributed by atoms with E-state index in [1.807, 2.05) is 72.8 Å². The first-order chi connectivity index (χ1) is 22.2. The zero-order chi connectivity index (χ0) is 33.3. The van der Waals surface area contributed by atoms with Gasteiger partial charge in [-0.3, -0.25) is 18.4 Å². The molecule has 0 aromatic heterocycles. The van der Waals surface area contributed by atoms with Crippen molar-refractivity contribution in [3.8, 4) is 0 Å². The molecule has 6 aromatic carbocycles. The van der Waals surface area contributed by atoms with Crippen LogP contribution in [0, 0.1) is 35.4 Å². The molecule has 0 radical (unpaired) electrons. The van der Waals surface area contributed by atoms with Crippen molar-refractivity contribution in [2.75, 3.05) is 8.84 Å². The number of hydrogen-bond donors (Lipinski definition) is 0. The number of rotatable bonds is 4. The molecule has 0 N–H and O–H groups in total. The molecule has 11 heteroatoms. The number of anilines is 2. The van der Waals surface area contributed by atoms with Crippen LogP contribution in [-0.4, -0.2) is 11.8 Å². The van der Waals surface area contributed by atoms with Crippen molar-refractivity contribution in [2.24, 2.45) is 0 Å². The van der Waals surface area contributed by atoms with E-state index < -0.39 is 35.1 Å². The van der Waals surface area contributed by atoms with Crippen LogP contribution in [0.1, 0.15) is 20.7 Å². The van der Waals surface area contributed by atoms with Gasteiger partial charge in [-0.1, -0.05) is 36.4 Å². The van der Waals surface area contributed by atoms with Crippen LogP contribution >= 0.6 is 23.6 Å². The van der Waals surface area contributed by atoms with Crippen molar-refractivity contribution >= 4 is 46.7 Å². The average Bonchev–Trinajstić information content (AvgIpc) is 3.85. The maximum Gasteiger partial charge on any atom is 4.00 e. The van der Waals surface area contributed by atoms with Crippen LogP contribution in [-0.2, 0) is 21.7 Å². The second-order valence-corrected chi connectivity index (χ2v) is 9.52. The van der Waals surface area contributed by atoms with Gasteiger partial charge < -0.3 is 0 Å². The van der Waals surface area contributed by atoms with Gasteiger partial charge in [0.05, 0.1) is 0 Å². The Morgan fingerprint density at radius 3 is 1.09 bits per heavy atom. The molecule has 236 valence electrons. The fraction of sp³-hybridized carbons (Fsp3) is 0. The summed E-state index contributed by atoms with van der Waals surface area (Å²) in [5, 5.41) is 0. The molecule has 0 fully saturated rings. The van der Waals surface area contributed by atoms with Crippen molar-refractivity contribution in [1.82, 2.24) is 0 Å². The van der Waals surface area contributed by atoms with Crippen LogP contribution in [0.5, 0.6) is 0 Å². The number of hydrogen-bond acceptors (Lipinski definition) is 2. The van der Waals surface area contributed by atoms with E-state index in [4.69, 9.17) is 23.6 Å². The van der Waals surface area contributed by atoms with Crippen LogP contribution in [0.4, 0.5) is 28.9 Å². The van der Waals surface area contributed by atoms with Crippen LogP contribution in [0.15, 0.2) is 146 Å². The van der Waals surface area contributed by atoms with Crippen molar-refractivity contribution in [2.45, 2.75) is 0 Å². The summed E-state index contributed by atoms with van der Waals surface area (Å²) in [4.78, 5) is 23.8. The molecule has 0 heterocycles. The summed E-state index contributed by atoms with van der Waals surface area (Å²) in [6.45, 7) is 0. The van der Waals surface area contributed by atoms with E-state index in [0.29, 0.717) is 20.0 Å². The summed E-state index contributed by atoms with van der Waals surface area (Å²) in [5.41, 5.74) is 0.117. The Morgan fingerprint density at radius 2 is 0.830 bits per heavy atom. The van der Waals surface area contributed by atoms with E-state index >= 15 is 0 Å². The molecule has 0 unspecified atom stereocenters. The Morgan fingerprint density at radius 1 is 0.511 bits per heavy atom. The largest absolute Gasteiger partial charge is 4.00 e. The molecule has 0 bridgehead atoms.